The summed E-state index contributed by atoms with van der Waals surface area (Å²) < 4.78 is 59.2. The van der Waals surface area contributed by atoms with Crippen LogP contribution in [-0.2, 0) is 40.3 Å². The Bertz CT molecular complexity index is 1860. The van der Waals surface area contributed by atoms with Gasteiger partial charge in [0.2, 0.25) is 5.88 Å². The summed E-state index contributed by atoms with van der Waals surface area (Å²) in [7, 11) is -1.70. The first kappa shape index (κ1) is 34.4. The predicted octanol–water partition coefficient (Wildman–Crippen LogP) is 5.26. The van der Waals surface area contributed by atoms with E-state index in [0.29, 0.717) is 58.7 Å². The van der Waals surface area contributed by atoms with Gasteiger partial charge < -0.3 is 28.3 Å². The van der Waals surface area contributed by atoms with Gasteiger partial charge in [-0.25, -0.2) is 4.98 Å². The number of aryl methyl sites for hydroxylation is 3. The molecule has 0 radical (unpaired) electrons. The summed E-state index contributed by atoms with van der Waals surface area (Å²) in [4.78, 5) is 9.07. The average molecular weight is 664 g/mol. The third-order valence-electron chi connectivity index (χ3n) is 7.55. The van der Waals surface area contributed by atoms with Crippen molar-refractivity contribution < 1.29 is 36.3 Å². The molecule has 47 heavy (non-hydrogen) atoms. The maximum absolute atomic E-state index is 12.1. The third-order valence-corrected chi connectivity index (χ3v) is 8.88. The Morgan fingerprint density at radius 2 is 1.32 bits per heavy atom. The van der Waals surface area contributed by atoms with E-state index in [1.165, 1.54) is 17.5 Å². The molecule has 5 aromatic rings. The quantitative estimate of drug-likeness (QED) is 0.0855. The van der Waals surface area contributed by atoms with Crippen molar-refractivity contribution in [2.75, 3.05) is 66.1 Å². The van der Waals surface area contributed by atoms with E-state index in [2.05, 4.69) is 39.8 Å². The average Bonchev–Trinajstić information content (AvgIpc) is 3.35. The highest BCUT2D eigenvalue weighted by Crippen LogP contribution is 2.32. The van der Waals surface area contributed by atoms with E-state index in [4.69, 9.17) is 27.9 Å². The van der Waals surface area contributed by atoms with Crippen LogP contribution in [0, 0.1) is 13.8 Å². The number of nitrogens with zero attached hydrogens (tertiary/aromatic N) is 3. The fourth-order valence-corrected chi connectivity index (χ4v) is 5.98. The van der Waals surface area contributed by atoms with Gasteiger partial charge in [-0.2, -0.15) is 8.42 Å². The van der Waals surface area contributed by atoms with Crippen LogP contribution in [0.25, 0.3) is 32.9 Å². The molecule has 0 saturated carbocycles. The summed E-state index contributed by atoms with van der Waals surface area (Å²) in [6.45, 7) is 7.18. The lowest BCUT2D eigenvalue weighted by Crippen LogP contribution is -2.15. The van der Waals surface area contributed by atoms with Crippen LogP contribution in [0.2, 0.25) is 0 Å². The minimum absolute atomic E-state index is 0.0601. The highest BCUT2D eigenvalue weighted by atomic mass is 32.2. The fourth-order valence-electron chi connectivity index (χ4n) is 5.09. The normalized spacial score (nSPS) is 11.9. The zero-order valence-electron chi connectivity index (χ0n) is 27.0. The standard InChI is InChI=1S/C35H41N3O8S/c1-26-4-7-29(8-5-26)47(39,40)46-23-21-44-19-17-42-15-14-41-16-18-43-20-22-45-35-11-10-30(27(2)37-35)28-6-9-31-32-25-36-13-12-33(32)38(3)34(31)24-28/h4-13,24-25H,14-23H2,1-3H3. The van der Waals surface area contributed by atoms with Gasteiger partial charge in [0.05, 0.1) is 69.9 Å². The van der Waals surface area contributed by atoms with Crippen molar-refractivity contribution >= 4 is 31.9 Å². The van der Waals surface area contributed by atoms with Crippen LogP contribution in [0.4, 0.5) is 0 Å². The maximum atomic E-state index is 12.1. The van der Waals surface area contributed by atoms with Crippen molar-refractivity contribution in [2.24, 2.45) is 7.05 Å². The van der Waals surface area contributed by atoms with Crippen LogP contribution in [0.5, 0.6) is 5.88 Å². The van der Waals surface area contributed by atoms with Gasteiger partial charge in [-0.3, -0.25) is 9.17 Å². The van der Waals surface area contributed by atoms with Gasteiger partial charge in [0.15, 0.2) is 0 Å². The topological polar surface area (TPSA) is 120 Å². The van der Waals surface area contributed by atoms with Crippen LogP contribution in [-0.4, -0.2) is 89.0 Å². The van der Waals surface area contributed by atoms with E-state index in [9.17, 15) is 8.42 Å². The predicted molar refractivity (Wildman–Crippen MR) is 179 cm³/mol. The highest BCUT2D eigenvalue weighted by molar-refractivity contribution is 7.86. The number of aromatic nitrogens is 3. The molecule has 0 aliphatic heterocycles. The number of ether oxygens (including phenoxy) is 5. The van der Waals surface area contributed by atoms with Crippen LogP contribution in [0.15, 0.2) is 78.0 Å². The zero-order valence-corrected chi connectivity index (χ0v) is 27.8. The molecule has 0 unspecified atom stereocenters. The summed E-state index contributed by atoms with van der Waals surface area (Å²) in [5.41, 5.74) is 6.34. The lowest BCUT2D eigenvalue weighted by atomic mass is 10.0. The molecule has 0 bridgehead atoms. The molecule has 0 fully saturated rings. The smallest absolute Gasteiger partial charge is 0.297 e. The van der Waals surface area contributed by atoms with E-state index < -0.39 is 10.1 Å². The van der Waals surface area contributed by atoms with Gasteiger partial charge >= 0.3 is 0 Å². The number of hydrogen-bond acceptors (Lipinski definition) is 10. The van der Waals surface area contributed by atoms with Crippen molar-refractivity contribution in [1.29, 1.82) is 0 Å². The molecule has 5 rings (SSSR count). The Hall–Kier alpha value is -3.91. The Balaban J connectivity index is 0.886. The molecule has 250 valence electrons. The maximum Gasteiger partial charge on any atom is 0.297 e. The number of fused-ring (bicyclic) bond motifs is 3. The van der Waals surface area contributed by atoms with Crippen molar-refractivity contribution in [3.8, 4) is 17.0 Å². The number of hydrogen-bond donors (Lipinski definition) is 0. The molecule has 3 aromatic heterocycles. The van der Waals surface area contributed by atoms with Gasteiger partial charge in [0.1, 0.15) is 6.61 Å². The fraction of sp³-hybridized carbons (Fsp3) is 0.371. The second kappa shape index (κ2) is 16.8. The van der Waals surface area contributed by atoms with Gasteiger partial charge in [-0.1, -0.05) is 29.8 Å². The Labute approximate surface area is 275 Å². The lowest BCUT2D eigenvalue weighted by molar-refractivity contribution is -0.00693. The summed E-state index contributed by atoms with van der Waals surface area (Å²) in [6, 6.07) is 18.9. The van der Waals surface area contributed by atoms with Crippen LogP contribution in [0.3, 0.4) is 0 Å². The van der Waals surface area contributed by atoms with Crippen LogP contribution < -0.4 is 4.74 Å². The second-order valence-electron chi connectivity index (χ2n) is 10.9. The van der Waals surface area contributed by atoms with Crippen molar-refractivity contribution in [3.63, 3.8) is 0 Å². The number of rotatable bonds is 19. The van der Waals surface area contributed by atoms with Gasteiger partial charge in [-0.05, 0) is 49.7 Å². The molecular weight excluding hydrogens is 622 g/mol. The minimum Gasteiger partial charge on any atom is -0.475 e. The Kier molecular flexibility index (Phi) is 12.3. The van der Waals surface area contributed by atoms with E-state index in [1.54, 1.807) is 12.1 Å². The number of pyridine rings is 2. The Morgan fingerprint density at radius 3 is 1.98 bits per heavy atom. The number of benzene rings is 2. The summed E-state index contributed by atoms with van der Waals surface area (Å²) in [5, 5.41) is 2.33. The molecule has 0 N–H and O–H groups in total. The first-order valence-electron chi connectivity index (χ1n) is 15.5. The van der Waals surface area contributed by atoms with E-state index in [-0.39, 0.29) is 18.1 Å². The molecule has 0 aliphatic rings. The summed E-state index contributed by atoms with van der Waals surface area (Å²) in [5.74, 6) is 0.559. The van der Waals surface area contributed by atoms with Crippen molar-refractivity contribution in [3.05, 3.63) is 84.3 Å². The highest BCUT2D eigenvalue weighted by Gasteiger charge is 2.14. The monoisotopic (exact) mass is 663 g/mol. The van der Waals surface area contributed by atoms with Gasteiger partial charge in [0.25, 0.3) is 10.1 Å². The van der Waals surface area contributed by atoms with E-state index in [0.717, 1.165) is 38.8 Å². The van der Waals surface area contributed by atoms with E-state index in [1.807, 2.05) is 44.4 Å². The second-order valence-corrected chi connectivity index (χ2v) is 12.5. The molecular formula is C35H41N3O8S. The molecule has 12 heteroatoms. The molecule has 0 saturated heterocycles. The van der Waals surface area contributed by atoms with Crippen LogP contribution >= 0.6 is 0 Å². The van der Waals surface area contributed by atoms with Gasteiger partial charge in [-0.15, -0.1) is 0 Å². The third kappa shape index (κ3) is 9.34. The molecule has 0 atom stereocenters. The molecule has 11 nitrogen and oxygen atoms in total. The van der Waals surface area contributed by atoms with Gasteiger partial charge in [0, 0.05) is 53.1 Å². The largest absolute Gasteiger partial charge is 0.475 e. The lowest BCUT2D eigenvalue weighted by Gasteiger charge is -2.11. The summed E-state index contributed by atoms with van der Waals surface area (Å²) >= 11 is 0. The molecule has 0 spiro atoms. The van der Waals surface area contributed by atoms with E-state index >= 15 is 0 Å². The first-order chi connectivity index (χ1) is 22.8. The summed E-state index contributed by atoms with van der Waals surface area (Å²) in [6.07, 6.45) is 3.73. The first-order valence-corrected chi connectivity index (χ1v) is 16.9. The van der Waals surface area contributed by atoms with Crippen LogP contribution in [0.1, 0.15) is 11.3 Å². The van der Waals surface area contributed by atoms with Crippen molar-refractivity contribution in [1.82, 2.24) is 14.5 Å². The van der Waals surface area contributed by atoms with Crippen molar-refractivity contribution in [2.45, 2.75) is 18.7 Å². The molecule has 0 aliphatic carbocycles. The molecule has 2 aromatic carbocycles. The zero-order chi connectivity index (χ0) is 33.1. The Morgan fingerprint density at radius 1 is 0.681 bits per heavy atom. The molecule has 3 heterocycles. The minimum atomic E-state index is -3.78. The molecule has 0 amide bonds. The SMILES string of the molecule is Cc1ccc(S(=O)(=O)OCCOCCOCCOCCOCCOc2ccc(-c3ccc4c5cnccc5n(C)c4c3)c(C)n2)cc1.